The van der Waals surface area contributed by atoms with E-state index < -0.39 is 0 Å². The Kier molecular flexibility index (Phi) is 7.81. The van der Waals surface area contributed by atoms with Gasteiger partial charge in [-0.3, -0.25) is 9.69 Å². The van der Waals surface area contributed by atoms with E-state index in [0.717, 1.165) is 43.6 Å². The van der Waals surface area contributed by atoms with Crippen molar-refractivity contribution in [2.24, 2.45) is 0 Å². The molecule has 1 saturated heterocycles. The van der Waals surface area contributed by atoms with Crippen LogP contribution in [0.2, 0.25) is 0 Å². The van der Waals surface area contributed by atoms with Gasteiger partial charge in [-0.2, -0.15) is 4.98 Å². The van der Waals surface area contributed by atoms with Gasteiger partial charge in [-0.25, -0.2) is 4.98 Å². The van der Waals surface area contributed by atoms with Crippen molar-refractivity contribution in [3.63, 3.8) is 0 Å². The Morgan fingerprint density at radius 1 is 1.05 bits per heavy atom. The van der Waals surface area contributed by atoms with E-state index in [9.17, 15) is 4.79 Å². The first-order chi connectivity index (χ1) is 18.6. The number of carbonyl (C=O) groups is 1. The first-order valence-electron chi connectivity index (χ1n) is 12.4. The van der Waals surface area contributed by atoms with E-state index in [1.807, 2.05) is 30.3 Å². The highest BCUT2D eigenvalue weighted by atomic mass is 16.5. The van der Waals surface area contributed by atoms with Crippen LogP contribution in [-0.2, 0) is 4.74 Å². The summed E-state index contributed by atoms with van der Waals surface area (Å²) in [6.07, 6.45) is 1.60. The largest absolute Gasteiger partial charge is 0.495 e. The summed E-state index contributed by atoms with van der Waals surface area (Å²) < 4.78 is 16.9. The monoisotopic (exact) mass is 514 g/mol. The second-order valence-electron chi connectivity index (χ2n) is 8.77. The standard InChI is InChI=1S/C28H30N6O4/c1-36-25-8-6-19(27(35)30-12-13-34-14-16-37-17-15-34)18-23(25)32-28-31-11-10-26(33-28)38-24-9-7-22(29)20-4-2-3-5-21(20)24/h2-11,18H,12-17,29H2,1H3,(H,30,35)(H,31,32,33). The van der Waals surface area contributed by atoms with E-state index in [0.29, 0.717) is 46.8 Å². The maximum absolute atomic E-state index is 12.8. The molecule has 3 aromatic carbocycles. The molecule has 2 heterocycles. The Morgan fingerprint density at radius 2 is 1.84 bits per heavy atom. The topological polar surface area (TPSA) is 124 Å². The van der Waals surface area contributed by atoms with Gasteiger partial charge in [0, 0.05) is 60.5 Å². The number of fused-ring (bicyclic) bond motifs is 1. The number of nitrogens with one attached hydrogen (secondary N) is 2. The number of amides is 1. The van der Waals surface area contributed by atoms with Crippen LogP contribution < -0.4 is 25.8 Å². The van der Waals surface area contributed by atoms with Crippen LogP contribution in [0, 0.1) is 0 Å². The number of anilines is 3. The summed E-state index contributed by atoms with van der Waals surface area (Å²) in [5.41, 5.74) is 7.84. The Balaban J connectivity index is 1.29. The normalized spacial score (nSPS) is 13.7. The van der Waals surface area contributed by atoms with Gasteiger partial charge in [0.1, 0.15) is 11.5 Å². The second kappa shape index (κ2) is 11.8. The van der Waals surface area contributed by atoms with Gasteiger partial charge in [0.05, 0.1) is 26.0 Å². The second-order valence-corrected chi connectivity index (χ2v) is 8.77. The molecular formula is C28H30N6O4. The van der Waals surface area contributed by atoms with Crippen LogP contribution in [0.25, 0.3) is 10.8 Å². The van der Waals surface area contributed by atoms with Crippen LogP contribution in [0.15, 0.2) is 66.9 Å². The number of nitrogen functional groups attached to an aromatic ring is 1. The maximum Gasteiger partial charge on any atom is 0.251 e. The molecule has 10 nitrogen and oxygen atoms in total. The number of ether oxygens (including phenoxy) is 3. The molecule has 5 rings (SSSR count). The fourth-order valence-corrected chi connectivity index (χ4v) is 4.28. The molecule has 1 aromatic heterocycles. The molecule has 4 aromatic rings. The minimum Gasteiger partial charge on any atom is -0.495 e. The molecule has 10 heteroatoms. The van der Waals surface area contributed by atoms with E-state index in [1.54, 1.807) is 43.6 Å². The number of carbonyl (C=O) groups excluding carboxylic acids is 1. The number of morpholine rings is 1. The maximum atomic E-state index is 12.8. The van der Waals surface area contributed by atoms with Gasteiger partial charge >= 0.3 is 0 Å². The lowest BCUT2D eigenvalue weighted by molar-refractivity contribution is 0.0383. The number of benzene rings is 3. The zero-order valence-corrected chi connectivity index (χ0v) is 21.1. The highest BCUT2D eigenvalue weighted by molar-refractivity contribution is 5.97. The van der Waals surface area contributed by atoms with E-state index in [4.69, 9.17) is 19.9 Å². The summed E-state index contributed by atoms with van der Waals surface area (Å²) in [4.78, 5) is 23.9. The lowest BCUT2D eigenvalue weighted by Crippen LogP contribution is -2.41. The first-order valence-corrected chi connectivity index (χ1v) is 12.4. The molecule has 0 saturated carbocycles. The van der Waals surface area contributed by atoms with Crippen LogP contribution >= 0.6 is 0 Å². The van der Waals surface area contributed by atoms with E-state index in [2.05, 4.69) is 25.5 Å². The number of nitrogens with two attached hydrogens (primary N) is 1. The number of hydrogen-bond acceptors (Lipinski definition) is 9. The van der Waals surface area contributed by atoms with Crippen molar-refractivity contribution in [2.75, 3.05) is 57.6 Å². The van der Waals surface area contributed by atoms with Crippen LogP contribution in [0.4, 0.5) is 17.3 Å². The zero-order valence-electron chi connectivity index (χ0n) is 21.1. The van der Waals surface area contributed by atoms with Crippen molar-refractivity contribution in [3.05, 3.63) is 72.4 Å². The summed E-state index contributed by atoms with van der Waals surface area (Å²) in [5, 5.41) is 7.92. The molecule has 0 unspecified atom stereocenters. The number of nitrogens with zero attached hydrogens (tertiary/aromatic N) is 3. The molecule has 38 heavy (non-hydrogen) atoms. The average molecular weight is 515 g/mol. The Morgan fingerprint density at radius 3 is 2.66 bits per heavy atom. The molecule has 1 aliphatic heterocycles. The molecule has 0 bridgehead atoms. The third-order valence-corrected chi connectivity index (χ3v) is 6.29. The fraction of sp³-hybridized carbons (Fsp3) is 0.250. The van der Waals surface area contributed by atoms with E-state index in [1.165, 1.54) is 0 Å². The van der Waals surface area contributed by atoms with Crippen LogP contribution in [0.1, 0.15) is 10.4 Å². The smallest absolute Gasteiger partial charge is 0.251 e. The van der Waals surface area contributed by atoms with Gasteiger partial charge in [-0.1, -0.05) is 24.3 Å². The lowest BCUT2D eigenvalue weighted by atomic mass is 10.1. The first kappa shape index (κ1) is 25.2. The Labute approximate surface area is 220 Å². The Bertz CT molecular complexity index is 1420. The molecule has 4 N–H and O–H groups in total. The quantitative estimate of drug-likeness (QED) is 0.286. The van der Waals surface area contributed by atoms with Gasteiger partial charge in [0.15, 0.2) is 0 Å². The van der Waals surface area contributed by atoms with Crippen molar-refractivity contribution < 1.29 is 19.0 Å². The summed E-state index contributed by atoms with van der Waals surface area (Å²) >= 11 is 0. The predicted octanol–water partition coefficient (Wildman–Crippen LogP) is 3.82. The third kappa shape index (κ3) is 5.93. The summed E-state index contributed by atoms with van der Waals surface area (Å²) in [6, 6.07) is 18.2. The average Bonchev–Trinajstić information content (AvgIpc) is 2.95. The molecule has 1 aliphatic rings. The van der Waals surface area contributed by atoms with Gasteiger partial charge in [0.2, 0.25) is 11.8 Å². The molecule has 0 aliphatic carbocycles. The highest BCUT2D eigenvalue weighted by Gasteiger charge is 2.14. The summed E-state index contributed by atoms with van der Waals surface area (Å²) in [6.45, 7) is 4.54. The van der Waals surface area contributed by atoms with Crippen LogP contribution in [0.5, 0.6) is 17.4 Å². The SMILES string of the molecule is COc1ccc(C(=O)NCCN2CCOCC2)cc1Nc1nccc(Oc2ccc(N)c3ccccc23)n1. The van der Waals surface area contributed by atoms with Gasteiger partial charge in [-0.05, 0) is 30.3 Å². The molecule has 0 spiro atoms. The highest BCUT2D eigenvalue weighted by Crippen LogP contribution is 2.33. The molecule has 1 amide bonds. The van der Waals surface area contributed by atoms with E-state index in [-0.39, 0.29) is 5.91 Å². The minimum absolute atomic E-state index is 0.169. The van der Waals surface area contributed by atoms with Crippen molar-refractivity contribution in [1.82, 2.24) is 20.2 Å². The Hall–Kier alpha value is -4.41. The molecule has 196 valence electrons. The fourth-order valence-electron chi connectivity index (χ4n) is 4.28. The van der Waals surface area contributed by atoms with E-state index >= 15 is 0 Å². The lowest BCUT2D eigenvalue weighted by Gasteiger charge is -2.26. The van der Waals surface area contributed by atoms with Crippen molar-refractivity contribution in [3.8, 4) is 17.4 Å². The number of aromatic nitrogens is 2. The predicted molar refractivity (Wildman–Crippen MR) is 146 cm³/mol. The van der Waals surface area contributed by atoms with Crippen molar-refractivity contribution in [1.29, 1.82) is 0 Å². The number of rotatable bonds is 9. The number of hydrogen-bond donors (Lipinski definition) is 3. The third-order valence-electron chi connectivity index (χ3n) is 6.29. The minimum atomic E-state index is -0.169. The van der Waals surface area contributed by atoms with Crippen molar-refractivity contribution in [2.45, 2.75) is 0 Å². The molecular weight excluding hydrogens is 484 g/mol. The van der Waals surface area contributed by atoms with Gasteiger partial charge in [-0.15, -0.1) is 0 Å². The molecule has 1 fully saturated rings. The van der Waals surface area contributed by atoms with Gasteiger partial charge in [0.25, 0.3) is 5.91 Å². The van der Waals surface area contributed by atoms with Crippen molar-refractivity contribution >= 4 is 34.0 Å². The van der Waals surface area contributed by atoms with Crippen LogP contribution in [-0.4, -0.2) is 67.3 Å². The molecule has 0 atom stereocenters. The summed E-state index contributed by atoms with van der Waals surface area (Å²) in [5.74, 6) is 1.66. The zero-order chi connectivity index (χ0) is 26.3. The van der Waals surface area contributed by atoms with Gasteiger partial charge < -0.3 is 30.6 Å². The molecule has 0 radical (unpaired) electrons. The summed E-state index contributed by atoms with van der Waals surface area (Å²) in [7, 11) is 1.56. The van der Waals surface area contributed by atoms with Crippen LogP contribution in [0.3, 0.4) is 0 Å². The number of methoxy groups -OCH3 is 1.